The number of carbonyl (C=O) groups excluding carboxylic acids is 4. The molecule has 10 heteroatoms. The lowest BCUT2D eigenvalue weighted by Crippen LogP contribution is -2.31. The highest BCUT2D eigenvalue weighted by Crippen LogP contribution is 2.23. The van der Waals surface area contributed by atoms with E-state index in [2.05, 4.69) is 20.4 Å². The molecule has 2 N–H and O–H groups in total. The summed E-state index contributed by atoms with van der Waals surface area (Å²) in [4.78, 5) is 54.2. The van der Waals surface area contributed by atoms with Gasteiger partial charge in [0.15, 0.2) is 10.8 Å². The Morgan fingerprint density at radius 3 is 2.69 bits per heavy atom. The van der Waals surface area contributed by atoms with E-state index in [1.54, 1.807) is 6.92 Å². The van der Waals surface area contributed by atoms with E-state index in [4.69, 9.17) is 0 Å². The molecule has 4 amide bonds. The number of amides is 4. The average Bonchev–Trinajstić information content (AvgIpc) is 3.20. The molecule has 152 valence electrons. The maximum Gasteiger partial charge on any atom is 0.357 e. The SMILES string of the molecule is COC(=O)c1nc(NC(=O)CC[C@@H]2NC(=O)N(Cc3ccccc3)C2=O)sc1C. The van der Waals surface area contributed by atoms with Gasteiger partial charge in [-0.2, -0.15) is 0 Å². The van der Waals surface area contributed by atoms with Gasteiger partial charge in [-0.05, 0) is 18.9 Å². The number of aryl methyl sites for hydroxylation is 1. The number of methoxy groups -OCH3 is 1. The van der Waals surface area contributed by atoms with Crippen LogP contribution in [-0.2, 0) is 20.9 Å². The van der Waals surface area contributed by atoms with Crippen molar-refractivity contribution in [2.75, 3.05) is 12.4 Å². The van der Waals surface area contributed by atoms with E-state index < -0.39 is 18.0 Å². The number of benzene rings is 1. The minimum absolute atomic E-state index is 0.0159. The van der Waals surface area contributed by atoms with Gasteiger partial charge in [-0.25, -0.2) is 14.6 Å². The Bertz CT molecular complexity index is 943. The molecule has 2 heterocycles. The second-order valence-electron chi connectivity index (χ2n) is 6.41. The summed E-state index contributed by atoms with van der Waals surface area (Å²) in [6.07, 6.45) is 0.179. The van der Waals surface area contributed by atoms with Gasteiger partial charge in [-0.3, -0.25) is 14.5 Å². The highest BCUT2D eigenvalue weighted by Gasteiger charge is 2.37. The van der Waals surface area contributed by atoms with Crippen LogP contribution in [0.25, 0.3) is 0 Å². The van der Waals surface area contributed by atoms with Gasteiger partial charge in [0.1, 0.15) is 6.04 Å². The Morgan fingerprint density at radius 2 is 2.00 bits per heavy atom. The van der Waals surface area contributed by atoms with Crippen molar-refractivity contribution in [1.82, 2.24) is 15.2 Å². The van der Waals surface area contributed by atoms with Gasteiger partial charge in [0.05, 0.1) is 13.7 Å². The first kappa shape index (κ1) is 20.5. The van der Waals surface area contributed by atoms with Crippen LogP contribution in [0.1, 0.15) is 33.8 Å². The fourth-order valence-electron chi connectivity index (χ4n) is 2.88. The first-order valence-electron chi connectivity index (χ1n) is 8.90. The van der Waals surface area contributed by atoms with Crippen molar-refractivity contribution in [3.05, 3.63) is 46.5 Å². The molecule has 29 heavy (non-hydrogen) atoms. The Balaban J connectivity index is 1.53. The van der Waals surface area contributed by atoms with Gasteiger partial charge in [0.25, 0.3) is 5.91 Å². The number of thiazole rings is 1. The number of urea groups is 1. The molecule has 1 fully saturated rings. The van der Waals surface area contributed by atoms with Gasteiger partial charge in [0.2, 0.25) is 5.91 Å². The molecular formula is C19H20N4O5S. The summed E-state index contributed by atoms with van der Waals surface area (Å²) in [6, 6.07) is 7.97. The molecule has 3 rings (SSSR count). The standard InChI is InChI=1S/C19H20N4O5S/c1-11-15(17(26)28-2)22-18(29-11)21-14(24)9-8-13-16(25)23(19(27)20-13)10-12-6-4-3-5-7-12/h3-7,13H,8-10H2,1-2H3,(H,20,27)(H,21,22,24)/t13-/m0/s1. The zero-order valence-electron chi connectivity index (χ0n) is 15.9. The van der Waals surface area contributed by atoms with Gasteiger partial charge >= 0.3 is 12.0 Å². The van der Waals surface area contributed by atoms with Crippen molar-refractivity contribution in [2.24, 2.45) is 0 Å². The molecule has 2 aromatic rings. The zero-order valence-corrected chi connectivity index (χ0v) is 16.7. The normalized spacial score (nSPS) is 15.9. The van der Waals surface area contributed by atoms with Crippen LogP contribution in [0.5, 0.6) is 0 Å². The van der Waals surface area contributed by atoms with E-state index in [0.29, 0.717) is 4.88 Å². The molecule has 0 spiro atoms. The highest BCUT2D eigenvalue weighted by molar-refractivity contribution is 7.16. The monoisotopic (exact) mass is 416 g/mol. The smallest absolute Gasteiger partial charge is 0.357 e. The van der Waals surface area contributed by atoms with Gasteiger partial charge in [0, 0.05) is 11.3 Å². The first-order valence-corrected chi connectivity index (χ1v) is 9.72. The number of hydrogen-bond donors (Lipinski definition) is 2. The Kier molecular flexibility index (Phi) is 6.23. The molecule has 0 bridgehead atoms. The molecular weight excluding hydrogens is 396 g/mol. The molecule has 0 unspecified atom stereocenters. The fraction of sp³-hybridized carbons (Fsp3) is 0.316. The number of anilines is 1. The number of aromatic nitrogens is 1. The van der Waals surface area contributed by atoms with E-state index in [1.165, 1.54) is 7.11 Å². The second-order valence-corrected chi connectivity index (χ2v) is 7.62. The molecule has 0 saturated carbocycles. The third-order valence-electron chi connectivity index (χ3n) is 4.37. The number of hydrogen-bond acceptors (Lipinski definition) is 7. The lowest BCUT2D eigenvalue weighted by atomic mass is 10.1. The average molecular weight is 416 g/mol. The lowest BCUT2D eigenvalue weighted by molar-refractivity contribution is -0.128. The summed E-state index contributed by atoms with van der Waals surface area (Å²) in [5, 5.41) is 5.50. The number of imide groups is 1. The van der Waals surface area contributed by atoms with Crippen LogP contribution in [0.3, 0.4) is 0 Å². The summed E-state index contributed by atoms with van der Waals surface area (Å²) >= 11 is 1.16. The quantitative estimate of drug-likeness (QED) is 0.527. The van der Waals surface area contributed by atoms with Crippen LogP contribution in [0.15, 0.2) is 30.3 Å². The number of nitrogens with zero attached hydrogens (tertiary/aromatic N) is 2. The highest BCUT2D eigenvalue weighted by atomic mass is 32.1. The van der Waals surface area contributed by atoms with Gasteiger partial charge in [-0.1, -0.05) is 30.3 Å². The van der Waals surface area contributed by atoms with Crippen molar-refractivity contribution in [1.29, 1.82) is 0 Å². The topological polar surface area (TPSA) is 118 Å². The van der Waals surface area contributed by atoms with Crippen molar-refractivity contribution in [3.8, 4) is 0 Å². The van der Waals surface area contributed by atoms with E-state index in [1.807, 2.05) is 30.3 Å². The third-order valence-corrected chi connectivity index (χ3v) is 5.26. The van der Waals surface area contributed by atoms with E-state index in [9.17, 15) is 19.2 Å². The van der Waals surface area contributed by atoms with Crippen molar-refractivity contribution < 1.29 is 23.9 Å². The summed E-state index contributed by atoms with van der Waals surface area (Å²) in [6.45, 7) is 1.89. The second kappa shape index (κ2) is 8.82. The number of ether oxygens (including phenoxy) is 1. The van der Waals surface area contributed by atoms with Crippen LogP contribution in [0.4, 0.5) is 9.93 Å². The van der Waals surface area contributed by atoms with Crippen molar-refractivity contribution in [3.63, 3.8) is 0 Å². The summed E-state index contributed by atoms with van der Waals surface area (Å²) in [5.41, 5.74) is 0.998. The van der Waals surface area contributed by atoms with E-state index in [0.717, 1.165) is 21.8 Å². The van der Waals surface area contributed by atoms with Crippen molar-refractivity contribution >= 4 is 40.3 Å². The Hall–Kier alpha value is -3.27. The molecule has 1 aliphatic rings. The van der Waals surface area contributed by atoms with Crippen LogP contribution >= 0.6 is 11.3 Å². The molecule has 0 aliphatic carbocycles. The van der Waals surface area contributed by atoms with Crippen LogP contribution < -0.4 is 10.6 Å². The van der Waals surface area contributed by atoms with E-state index in [-0.39, 0.29) is 42.0 Å². The van der Waals surface area contributed by atoms with Crippen LogP contribution in [0.2, 0.25) is 0 Å². The molecule has 9 nitrogen and oxygen atoms in total. The molecule has 1 atom stereocenters. The summed E-state index contributed by atoms with van der Waals surface area (Å²) in [5.74, 6) is -1.29. The number of carbonyl (C=O) groups is 4. The molecule has 1 saturated heterocycles. The minimum Gasteiger partial charge on any atom is -0.464 e. The molecule has 1 aromatic heterocycles. The molecule has 0 radical (unpaired) electrons. The number of nitrogens with one attached hydrogen (secondary N) is 2. The first-order chi connectivity index (χ1) is 13.9. The molecule has 1 aromatic carbocycles. The maximum absolute atomic E-state index is 12.5. The Morgan fingerprint density at radius 1 is 1.28 bits per heavy atom. The summed E-state index contributed by atoms with van der Waals surface area (Å²) in [7, 11) is 1.26. The predicted octanol–water partition coefficient (Wildman–Crippen LogP) is 2.08. The van der Waals surface area contributed by atoms with Crippen LogP contribution in [0, 0.1) is 6.92 Å². The van der Waals surface area contributed by atoms with Gasteiger partial charge < -0.3 is 15.4 Å². The number of esters is 1. The largest absolute Gasteiger partial charge is 0.464 e. The van der Waals surface area contributed by atoms with Crippen LogP contribution in [-0.4, -0.2) is 46.9 Å². The summed E-state index contributed by atoms with van der Waals surface area (Å²) < 4.78 is 4.64. The Labute approximate surface area is 171 Å². The molecule has 1 aliphatic heterocycles. The van der Waals surface area contributed by atoms with Crippen molar-refractivity contribution in [2.45, 2.75) is 32.4 Å². The maximum atomic E-state index is 12.5. The minimum atomic E-state index is -0.749. The third kappa shape index (κ3) is 4.77. The lowest BCUT2D eigenvalue weighted by Gasteiger charge is -2.13. The van der Waals surface area contributed by atoms with E-state index >= 15 is 0 Å². The predicted molar refractivity (Wildman–Crippen MR) is 105 cm³/mol. The number of rotatable bonds is 7. The van der Waals surface area contributed by atoms with Gasteiger partial charge in [-0.15, -0.1) is 11.3 Å². The fourth-order valence-corrected chi connectivity index (χ4v) is 3.70. The zero-order chi connectivity index (χ0) is 21.0.